The molecule has 1 fully saturated rings. The number of guanidine groups is 1. The van der Waals surface area contributed by atoms with E-state index in [2.05, 4.69) is 137 Å². The predicted molar refractivity (Wildman–Crippen MR) is 189 cm³/mol. The molecule has 1 N–H and O–H groups in total. The molecule has 6 rings (SSSR count). The Morgan fingerprint density at radius 1 is 0.826 bits per heavy atom. The molecule has 2 heterocycles. The first-order chi connectivity index (χ1) is 22.4. The first kappa shape index (κ1) is 31.5. The third-order valence-corrected chi connectivity index (χ3v) is 9.02. The van der Waals surface area contributed by atoms with Crippen LogP contribution < -0.4 is 10.2 Å². The molecule has 7 nitrogen and oxygen atoms in total. The van der Waals surface area contributed by atoms with Crippen molar-refractivity contribution in [3.05, 3.63) is 120 Å². The van der Waals surface area contributed by atoms with Crippen LogP contribution >= 0.6 is 0 Å². The van der Waals surface area contributed by atoms with Gasteiger partial charge in [-0.2, -0.15) is 0 Å². The lowest BCUT2D eigenvalue weighted by atomic mass is 9.96. The van der Waals surface area contributed by atoms with Crippen LogP contribution in [0.25, 0.3) is 11.1 Å². The first-order valence-electron chi connectivity index (χ1n) is 16.5. The maximum absolute atomic E-state index is 13.7. The molecular formula is C39H46N6O. The highest BCUT2D eigenvalue weighted by molar-refractivity contribution is 6.01. The second-order valence-electron chi connectivity index (χ2n) is 12.7. The van der Waals surface area contributed by atoms with Crippen molar-refractivity contribution in [1.29, 1.82) is 0 Å². The molecule has 1 atom stereocenters. The third kappa shape index (κ3) is 7.66. The van der Waals surface area contributed by atoms with Crippen molar-refractivity contribution in [2.24, 2.45) is 4.99 Å². The number of carbonyl (C=O) groups is 1. The molecule has 4 aromatic rings. The van der Waals surface area contributed by atoms with Gasteiger partial charge in [-0.15, -0.1) is 0 Å². The van der Waals surface area contributed by atoms with Crippen LogP contribution in [0.5, 0.6) is 0 Å². The fourth-order valence-corrected chi connectivity index (χ4v) is 6.41. The number of hydrogen-bond donors (Lipinski definition) is 1. The van der Waals surface area contributed by atoms with Gasteiger partial charge in [0.1, 0.15) is 0 Å². The minimum atomic E-state index is -0.192. The summed E-state index contributed by atoms with van der Waals surface area (Å²) in [5.74, 6) is 0.952. The zero-order valence-electron chi connectivity index (χ0n) is 27.4. The van der Waals surface area contributed by atoms with Gasteiger partial charge in [-0.3, -0.25) is 9.69 Å². The molecule has 46 heavy (non-hydrogen) atoms. The molecule has 1 saturated heterocycles. The fourth-order valence-electron chi connectivity index (χ4n) is 6.41. The van der Waals surface area contributed by atoms with Crippen molar-refractivity contribution < 1.29 is 4.79 Å². The van der Waals surface area contributed by atoms with Gasteiger partial charge in [-0.1, -0.05) is 90.5 Å². The van der Waals surface area contributed by atoms with Crippen LogP contribution in [0.2, 0.25) is 0 Å². The van der Waals surface area contributed by atoms with Crippen LogP contribution in [-0.4, -0.2) is 79.9 Å². The summed E-state index contributed by atoms with van der Waals surface area (Å²) in [6.45, 7) is 8.58. The molecule has 2 aliphatic rings. The summed E-state index contributed by atoms with van der Waals surface area (Å²) in [5.41, 5.74) is 7.72. The van der Waals surface area contributed by atoms with Gasteiger partial charge in [0, 0.05) is 44.0 Å². The summed E-state index contributed by atoms with van der Waals surface area (Å²) in [6, 6.07) is 35.6. The quantitative estimate of drug-likeness (QED) is 0.222. The maximum atomic E-state index is 13.7. The predicted octanol–water partition coefficient (Wildman–Crippen LogP) is 6.49. The van der Waals surface area contributed by atoms with E-state index in [0.717, 1.165) is 67.7 Å². The number of nitrogens with zero attached hydrogens (tertiary/aromatic N) is 5. The van der Waals surface area contributed by atoms with E-state index in [1.165, 1.54) is 23.1 Å². The smallest absolute Gasteiger partial charge is 0.222 e. The van der Waals surface area contributed by atoms with Gasteiger partial charge in [0.2, 0.25) is 11.9 Å². The zero-order chi connectivity index (χ0) is 31.9. The molecule has 0 aromatic heterocycles. The number of aliphatic imine (C=N–C) groups is 1. The molecular weight excluding hydrogens is 568 g/mol. The summed E-state index contributed by atoms with van der Waals surface area (Å²) in [6.07, 6.45) is 1.49. The average molecular weight is 615 g/mol. The number of anilines is 1. The summed E-state index contributed by atoms with van der Waals surface area (Å²) in [5, 5.41) is 3.20. The first-order valence-corrected chi connectivity index (χ1v) is 16.5. The topological polar surface area (TPSA) is 54.4 Å². The average Bonchev–Trinajstić information content (AvgIpc) is 3.08. The van der Waals surface area contributed by atoms with Crippen LogP contribution in [0, 0.1) is 6.92 Å². The van der Waals surface area contributed by atoms with Crippen molar-refractivity contribution >= 4 is 23.2 Å². The number of carbonyl (C=O) groups excluding carboxylic acids is 1. The molecule has 1 amide bonds. The third-order valence-electron chi connectivity index (χ3n) is 9.02. The molecule has 7 heteroatoms. The largest absolute Gasteiger partial charge is 0.352 e. The number of nitrogens with one attached hydrogen (secondary N) is 1. The number of fused-ring (bicyclic) bond motifs is 1. The fraction of sp³-hybridized carbons (Fsp3) is 0.333. The summed E-state index contributed by atoms with van der Waals surface area (Å²) in [4.78, 5) is 28.5. The Labute approximate surface area is 274 Å². The van der Waals surface area contributed by atoms with Gasteiger partial charge < -0.3 is 20.0 Å². The molecule has 0 saturated carbocycles. The number of aryl methyl sites for hydroxylation is 1. The van der Waals surface area contributed by atoms with Gasteiger partial charge in [0.05, 0.1) is 18.2 Å². The van der Waals surface area contributed by atoms with Crippen LogP contribution in [0.3, 0.4) is 0 Å². The number of piperazine rings is 1. The molecule has 4 aromatic carbocycles. The second kappa shape index (κ2) is 14.8. The Kier molecular flexibility index (Phi) is 10.1. The minimum absolute atomic E-state index is 0.0262. The van der Waals surface area contributed by atoms with Crippen molar-refractivity contribution in [2.45, 2.75) is 32.4 Å². The maximum Gasteiger partial charge on any atom is 0.222 e. The van der Waals surface area contributed by atoms with E-state index in [1.807, 2.05) is 12.1 Å². The molecule has 0 spiro atoms. The lowest BCUT2D eigenvalue weighted by Gasteiger charge is -2.45. The SMILES string of the molecule is Cc1ccc(CNC(=O)CC2c3ccccc3N=C(N3CCN(CCCN(C)C)CC3)N2c2ccc(-c3ccccc3)cc2)cc1. The molecule has 0 bridgehead atoms. The standard InChI is InChI=1S/C39H46N6O/c1-30-14-16-31(17-15-30)29-40-38(46)28-37-35-12-7-8-13-36(35)41-39(44-26-24-43(25-27-44)23-9-22-42(2)3)45(37)34-20-18-33(19-21-34)32-10-5-4-6-11-32/h4-8,10-21,37H,9,22-29H2,1-3H3,(H,40,46). The molecule has 1 unspecified atom stereocenters. The van der Waals surface area contributed by atoms with Crippen molar-refractivity contribution in [3.63, 3.8) is 0 Å². The Balaban J connectivity index is 1.28. The van der Waals surface area contributed by atoms with Gasteiger partial charge in [0.15, 0.2) is 0 Å². The lowest BCUT2D eigenvalue weighted by molar-refractivity contribution is -0.121. The van der Waals surface area contributed by atoms with E-state index in [1.54, 1.807) is 0 Å². The van der Waals surface area contributed by atoms with Crippen LogP contribution in [-0.2, 0) is 11.3 Å². The van der Waals surface area contributed by atoms with E-state index in [4.69, 9.17) is 4.99 Å². The van der Waals surface area contributed by atoms with Crippen molar-refractivity contribution in [1.82, 2.24) is 20.0 Å². The Hall–Kier alpha value is -4.46. The number of hydrogen-bond acceptors (Lipinski definition) is 6. The van der Waals surface area contributed by atoms with E-state index in [9.17, 15) is 4.79 Å². The van der Waals surface area contributed by atoms with Crippen LogP contribution in [0.15, 0.2) is 108 Å². The highest BCUT2D eigenvalue weighted by Gasteiger charge is 2.36. The van der Waals surface area contributed by atoms with E-state index in [-0.39, 0.29) is 11.9 Å². The monoisotopic (exact) mass is 614 g/mol. The number of para-hydroxylation sites is 1. The van der Waals surface area contributed by atoms with Gasteiger partial charge in [0.25, 0.3) is 0 Å². The Morgan fingerprint density at radius 3 is 2.22 bits per heavy atom. The van der Waals surface area contributed by atoms with Crippen molar-refractivity contribution in [2.75, 3.05) is 58.3 Å². The van der Waals surface area contributed by atoms with Crippen LogP contribution in [0.1, 0.15) is 35.6 Å². The second-order valence-corrected chi connectivity index (χ2v) is 12.7. The van der Waals surface area contributed by atoms with E-state index >= 15 is 0 Å². The lowest BCUT2D eigenvalue weighted by Crippen LogP contribution is -2.55. The normalized spacial score (nSPS) is 16.7. The Morgan fingerprint density at radius 2 is 1.50 bits per heavy atom. The summed E-state index contributed by atoms with van der Waals surface area (Å²) < 4.78 is 0. The van der Waals surface area contributed by atoms with Crippen LogP contribution in [0.4, 0.5) is 11.4 Å². The molecule has 2 aliphatic heterocycles. The van der Waals surface area contributed by atoms with Gasteiger partial charge >= 0.3 is 0 Å². The van der Waals surface area contributed by atoms with E-state index < -0.39 is 0 Å². The molecule has 0 aliphatic carbocycles. The summed E-state index contributed by atoms with van der Waals surface area (Å²) in [7, 11) is 4.27. The molecule has 238 valence electrons. The number of rotatable bonds is 10. The van der Waals surface area contributed by atoms with Gasteiger partial charge in [-0.05, 0) is 75.4 Å². The highest BCUT2D eigenvalue weighted by Crippen LogP contribution is 2.41. The van der Waals surface area contributed by atoms with E-state index in [0.29, 0.717) is 13.0 Å². The highest BCUT2D eigenvalue weighted by atomic mass is 16.1. The van der Waals surface area contributed by atoms with Crippen molar-refractivity contribution in [3.8, 4) is 11.1 Å². The summed E-state index contributed by atoms with van der Waals surface area (Å²) >= 11 is 0. The minimum Gasteiger partial charge on any atom is -0.352 e. The number of amides is 1. The Bertz CT molecular complexity index is 1610. The zero-order valence-corrected chi connectivity index (χ0v) is 27.4. The molecule has 0 radical (unpaired) electrons. The number of benzene rings is 4. The van der Waals surface area contributed by atoms with Gasteiger partial charge in [-0.25, -0.2) is 4.99 Å².